The molecule has 1 aliphatic carbocycles. The summed E-state index contributed by atoms with van der Waals surface area (Å²) in [5.74, 6) is -1.84. The molecule has 4 N–H and O–H groups in total. The third kappa shape index (κ3) is 19.2. The molecule has 248 valence electrons. The lowest BCUT2D eigenvalue weighted by molar-refractivity contribution is -0.161. The monoisotopic (exact) mass is 632 g/mol. The van der Waals surface area contributed by atoms with Gasteiger partial charge in [-0.25, -0.2) is 4.57 Å². The Morgan fingerprint density at radius 3 is 2.33 bits per heavy atom. The van der Waals surface area contributed by atoms with Crippen LogP contribution in [0, 0.1) is 11.8 Å². The minimum Gasteiger partial charge on any atom is -0.462 e. The topological polar surface area (TPSA) is 177 Å². The summed E-state index contributed by atoms with van der Waals surface area (Å²) in [6, 6.07) is 0. The number of hydrogen-bond donors (Lipinski definition) is 4. The molecule has 0 aromatic heterocycles. The van der Waals surface area contributed by atoms with Crippen LogP contribution in [0.2, 0.25) is 0 Å². The smallest absolute Gasteiger partial charge is 0.462 e. The van der Waals surface area contributed by atoms with E-state index >= 15 is 0 Å². The molecule has 1 fully saturated rings. The molecule has 1 saturated carbocycles. The van der Waals surface area contributed by atoms with Crippen LogP contribution in [0.15, 0.2) is 24.3 Å². The summed E-state index contributed by atoms with van der Waals surface area (Å²) in [6.07, 6.45) is 14.8. The number of aliphatic hydroxyl groups excluding tert-OH is 2. The van der Waals surface area contributed by atoms with Gasteiger partial charge in [0.2, 0.25) is 0 Å². The number of allylic oxidation sites excluding steroid dienone is 3. The molecule has 0 aromatic carbocycles. The van der Waals surface area contributed by atoms with Gasteiger partial charge >= 0.3 is 19.8 Å². The SMILES string of the molecule is CCCCCCCC(=O)O[C@H](COC(=O)CCC/C=C\C[C@H]1[C@@H](O)CC(=O)[C@@H]1/C=C/[C@@H](O)CCCCC)COP(=O)(O)O. The van der Waals surface area contributed by atoms with Crippen LogP contribution in [0.4, 0.5) is 0 Å². The first-order valence-electron chi connectivity index (χ1n) is 15.7. The van der Waals surface area contributed by atoms with E-state index in [1.54, 1.807) is 12.2 Å². The summed E-state index contributed by atoms with van der Waals surface area (Å²) >= 11 is 0. The average molecular weight is 633 g/mol. The Balaban J connectivity index is 2.44. The third-order valence-corrected chi connectivity index (χ3v) is 7.84. The van der Waals surface area contributed by atoms with Crippen molar-refractivity contribution >= 4 is 25.5 Å². The van der Waals surface area contributed by atoms with Gasteiger partial charge in [-0.2, -0.15) is 0 Å². The summed E-state index contributed by atoms with van der Waals surface area (Å²) < 4.78 is 25.9. The number of phosphoric acid groups is 1. The van der Waals surface area contributed by atoms with Gasteiger partial charge in [0.1, 0.15) is 12.4 Å². The maximum atomic E-state index is 12.4. The van der Waals surface area contributed by atoms with Crippen LogP contribution >= 0.6 is 7.82 Å². The fraction of sp³-hybridized carbons (Fsp3) is 0.774. The van der Waals surface area contributed by atoms with Crippen molar-refractivity contribution < 1.29 is 52.9 Å². The Morgan fingerprint density at radius 1 is 0.953 bits per heavy atom. The van der Waals surface area contributed by atoms with Gasteiger partial charge in [0.15, 0.2) is 6.10 Å². The number of carbonyl (C=O) groups excluding carboxylic acids is 3. The van der Waals surface area contributed by atoms with Gasteiger partial charge in [-0.3, -0.25) is 18.9 Å². The van der Waals surface area contributed by atoms with Crippen molar-refractivity contribution in [3.05, 3.63) is 24.3 Å². The van der Waals surface area contributed by atoms with Crippen molar-refractivity contribution in [2.24, 2.45) is 11.8 Å². The third-order valence-electron chi connectivity index (χ3n) is 7.35. The Bertz CT molecular complexity index is 913. The summed E-state index contributed by atoms with van der Waals surface area (Å²) in [7, 11) is -4.79. The first kappa shape index (κ1) is 39.1. The highest BCUT2D eigenvalue weighted by molar-refractivity contribution is 7.46. The van der Waals surface area contributed by atoms with Gasteiger partial charge in [-0.05, 0) is 32.1 Å². The first-order chi connectivity index (χ1) is 20.5. The second kappa shape index (κ2) is 22.6. The number of aliphatic hydroxyl groups is 2. The van der Waals surface area contributed by atoms with Crippen LogP contribution < -0.4 is 0 Å². The molecular formula is C31H53O11P. The van der Waals surface area contributed by atoms with Crippen molar-refractivity contribution in [3.8, 4) is 0 Å². The van der Waals surface area contributed by atoms with Crippen LogP contribution in [0.5, 0.6) is 0 Å². The van der Waals surface area contributed by atoms with Crippen molar-refractivity contribution in [2.75, 3.05) is 13.2 Å². The van der Waals surface area contributed by atoms with E-state index in [0.717, 1.165) is 44.9 Å². The molecule has 0 heterocycles. The summed E-state index contributed by atoms with van der Waals surface area (Å²) in [5.41, 5.74) is 0. The Labute approximate surface area is 256 Å². The highest BCUT2D eigenvalue weighted by Crippen LogP contribution is 2.36. The molecule has 0 unspecified atom stereocenters. The molecule has 0 saturated heterocycles. The lowest BCUT2D eigenvalue weighted by Gasteiger charge is -2.18. The molecule has 12 heteroatoms. The van der Waals surface area contributed by atoms with Gasteiger partial charge in [0.05, 0.1) is 18.8 Å². The number of Topliss-reactive ketones (excluding diaryl/α,β-unsaturated/α-hetero) is 1. The molecule has 5 atom stereocenters. The number of unbranched alkanes of at least 4 members (excludes halogenated alkanes) is 7. The summed E-state index contributed by atoms with van der Waals surface area (Å²) in [4.78, 5) is 54.7. The van der Waals surface area contributed by atoms with Crippen molar-refractivity contribution in [2.45, 2.75) is 128 Å². The van der Waals surface area contributed by atoms with Gasteiger partial charge in [-0.15, -0.1) is 0 Å². The van der Waals surface area contributed by atoms with Crippen LogP contribution in [0.3, 0.4) is 0 Å². The van der Waals surface area contributed by atoms with E-state index in [2.05, 4.69) is 18.4 Å². The zero-order valence-electron chi connectivity index (χ0n) is 25.8. The number of carbonyl (C=O) groups is 3. The van der Waals surface area contributed by atoms with Gasteiger partial charge in [-0.1, -0.05) is 83.1 Å². The molecular weight excluding hydrogens is 579 g/mol. The second-order valence-corrected chi connectivity index (χ2v) is 12.5. The normalized spacial score (nSPS) is 20.6. The number of ether oxygens (including phenoxy) is 2. The predicted octanol–water partition coefficient (Wildman–Crippen LogP) is 5.09. The van der Waals surface area contributed by atoms with Gasteiger partial charge in [0, 0.05) is 31.1 Å². The van der Waals surface area contributed by atoms with Crippen LogP contribution in [0.25, 0.3) is 0 Å². The average Bonchev–Trinajstić information content (AvgIpc) is 3.21. The van der Waals surface area contributed by atoms with Crippen molar-refractivity contribution in [3.63, 3.8) is 0 Å². The second-order valence-electron chi connectivity index (χ2n) is 11.2. The molecule has 0 amide bonds. The Hall–Kier alpha value is -1.88. The lowest BCUT2D eigenvalue weighted by atomic mass is 9.90. The Kier molecular flexibility index (Phi) is 20.6. The quantitative estimate of drug-likeness (QED) is 0.0482. The summed E-state index contributed by atoms with van der Waals surface area (Å²) in [6.45, 7) is 3.19. The molecule has 1 aliphatic rings. The van der Waals surface area contributed by atoms with E-state index in [4.69, 9.17) is 19.3 Å². The standard InChI is InChI=1S/C31H53O11P/c1-3-5-7-8-14-18-31(36)42-25(23-41-43(37,38)39)22-40-30(35)17-13-10-9-12-16-26-27(29(34)21-28(26)33)20-19-24(32)15-11-6-4-2/h9,12,19-20,24-28,32-33H,3-8,10-11,13-18,21-23H2,1-2H3,(H2,37,38,39)/b12-9-,20-19+/t24-,25+,26+,27+,28-/m0/s1. The molecule has 11 nitrogen and oxygen atoms in total. The highest BCUT2D eigenvalue weighted by Gasteiger charge is 2.39. The minimum atomic E-state index is -4.79. The van der Waals surface area contributed by atoms with E-state index in [0.29, 0.717) is 32.1 Å². The summed E-state index contributed by atoms with van der Waals surface area (Å²) in [5, 5.41) is 20.5. The molecule has 0 aliphatic heterocycles. The van der Waals surface area contributed by atoms with E-state index < -0.39 is 50.6 Å². The molecule has 0 spiro atoms. The number of ketones is 1. The molecule has 43 heavy (non-hydrogen) atoms. The van der Waals surface area contributed by atoms with E-state index in [9.17, 15) is 29.2 Å². The van der Waals surface area contributed by atoms with E-state index in [-0.39, 0.29) is 37.6 Å². The number of rotatable bonds is 24. The zero-order chi connectivity index (χ0) is 32.1. The molecule has 0 aromatic rings. The maximum Gasteiger partial charge on any atom is 0.469 e. The van der Waals surface area contributed by atoms with Crippen LogP contribution in [0.1, 0.15) is 110 Å². The van der Waals surface area contributed by atoms with Crippen molar-refractivity contribution in [1.29, 1.82) is 0 Å². The maximum absolute atomic E-state index is 12.4. The van der Waals surface area contributed by atoms with Crippen molar-refractivity contribution in [1.82, 2.24) is 0 Å². The fourth-order valence-corrected chi connectivity index (χ4v) is 5.24. The Morgan fingerprint density at radius 2 is 1.63 bits per heavy atom. The van der Waals surface area contributed by atoms with Gasteiger partial charge in [0.25, 0.3) is 0 Å². The molecule has 0 radical (unpaired) electrons. The highest BCUT2D eigenvalue weighted by atomic mass is 31.2. The van der Waals surface area contributed by atoms with Crippen LogP contribution in [-0.2, 0) is 32.9 Å². The molecule has 1 rings (SSSR count). The zero-order valence-corrected chi connectivity index (χ0v) is 26.7. The predicted molar refractivity (Wildman–Crippen MR) is 162 cm³/mol. The van der Waals surface area contributed by atoms with Crippen LogP contribution in [-0.4, -0.2) is 69.2 Å². The fourth-order valence-electron chi connectivity index (χ4n) is 4.88. The molecule has 0 bridgehead atoms. The van der Waals surface area contributed by atoms with Gasteiger partial charge < -0.3 is 29.5 Å². The number of phosphoric ester groups is 1. The number of esters is 2. The largest absolute Gasteiger partial charge is 0.469 e. The number of hydrogen-bond acceptors (Lipinski definition) is 9. The first-order valence-corrected chi connectivity index (χ1v) is 17.3. The lowest BCUT2D eigenvalue weighted by Crippen LogP contribution is -2.29. The van der Waals surface area contributed by atoms with E-state index in [1.807, 2.05) is 12.2 Å². The van der Waals surface area contributed by atoms with E-state index in [1.165, 1.54) is 0 Å². The minimum absolute atomic E-state index is 0.0344.